The molecule has 1 unspecified atom stereocenters. The van der Waals surface area contributed by atoms with Crippen molar-refractivity contribution in [1.29, 1.82) is 0 Å². The highest BCUT2D eigenvalue weighted by Crippen LogP contribution is 2.25. The summed E-state index contributed by atoms with van der Waals surface area (Å²) in [6.07, 6.45) is 3.45. The van der Waals surface area contributed by atoms with Gasteiger partial charge in [-0.05, 0) is 25.1 Å². The molecule has 0 radical (unpaired) electrons. The van der Waals surface area contributed by atoms with Crippen molar-refractivity contribution in [2.24, 2.45) is 5.73 Å². The van der Waals surface area contributed by atoms with Gasteiger partial charge in [-0.1, -0.05) is 25.5 Å². The molecule has 2 aromatic heterocycles. The number of benzene rings is 1. The second-order valence-corrected chi connectivity index (χ2v) is 8.76. The Balaban J connectivity index is 1.52. The normalized spacial score (nSPS) is 16.2. The summed E-state index contributed by atoms with van der Waals surface area (Å²) in [6.45, 7) is 7.95. The number of nitrogens with zero attached hydrogens (tertiary/aromatic N) is 6. The van der Waals surface area contributed by atoms with Crippen LogP contribution in [0.1, 0.15) is 30.9 Å². The summed E-state index contributed by atoms with van der Waals surface area (Å²) in [5.74, 6) is 1.61. The third-order valence-electron chi connectivity index (χ3n) is 6.04. The maximum Gasteiger partial charge on any atom is 0.222 e. The Labute approximate surface area is 194 Å². The molecule has 10 nitrogen and oxygen atoms in total. The van der Waals surface area contributed by atoms with Crippen LogP contribution in [0.2, 0.25) is 0 Å². The van der Waals surface area contributed by atoms with Gasteiger partial charge in [0.15, 0.2) is 11.3 Å². The summed E-state index contributed by atoms with van der Waals surface area (Å²) in [5.41, 5.74) is 15.7. The van der Waals surface area contributed by atoms with Crippen LogP contribution in [0.5, 0.6) is 5.75 Å². The molecular weight excluding hydrogens is 418 g/mol. The standard InChI is InChI=1S/C23H35N9O/c1-4-5-20(24)27-22-21-18(26-23(25)28-22)15-32(29-21)14-17-7-6-16(12-19(17)33-3)13-31-10-8-30(2)9-11-31/h6-7,12,15,20H,4-5,8-11,13-14,24H2,1-3H3,(H3,25,26,27,28). The van der Waals surface area contributed by atoms with Crippen molar-refractivity contribution in [3.05, 3.63) is 35.5 Å². The van der Waals surface area contributed by atoms with Gasteiger partial charge in [0, 0.05) is 38.3 Å². The Morgan fingerprint density at radius 3 is 2.67 bits per heavy atom. The fourth-order valence-corrected chi connectivity index (χ4v) is 4.17. The zero-order chi connectivity index (χ0) is 23.4. The van der Waals surface area contributed by atoms with Crippen LogP contribution >= 0.6 is 0 Å². The number of hydrogen-bond donors (Lipinski definition) is 3. The van der Waals surface area contributed by atoms with Crippen LogP contribution in [0, 0.1) is 0 Å². The van der Waals surface area contributed by atoms with Crippen molar-refractivity contribution in [1.82, 2.24) is 29.5 Å². The van der Waals surface area contributed by atoms with Crippen LogP contribution in [0.3, 0.4) is 0 Å². The zero-order valence-corrected chi connectivity index (χ0v) is 19.8. The molecule has 0 amide bonds. The molecule has 0 bridgehead atoms. The number of aromatic nitrogens is 4. The number of rotatable bonds is 9. The molecule has 1 aliphatic heterocycles. The molecule has 3 heterocycles. The Morgan fingerprint density at radius 2 is 1.94 bits per heavy atom. The molecule has 1 fully saturated rings. The fourth-order valence-electron chi connectivity index (χ4n) is 4.17. The van der Waals surface area contributed by atoms with Crippen LogP contribution < -0.4 is 21.5 Å². The SMILES string of the molecule is CCCC(N)Nc1nc(N)nc2cn(Cc3ccc(CN4CCN(C)CC4)cc3OC)nc12. The van der Waals surface area contributed by atoms with Crippen LogP contribution in [0.15, 0.2) is 24.4 Å². The second-order valence-electron chi connectivity index (χ2n) is 8.76. The van der Waals surface area contributed by atoms with Gasteiger partial charge in [-0.2, -0.15) is 10.1 Å². The van der Waals surface area contributed by atoms with Gasteiger partial charge in [-0.3, -0.25) is 9.58 Å². The number of piperazine rings is 1. The number of nitrogen functional groups attached to an aromatic ring is 1. The van der Waals surface area contributed by atoms with E-state index in [4.69, 9.17) is 21.3 Å². The lowest BCUT2D eigenvalue weighted by molar-refractivity contribution is 0.148. The van der Waals surface area contributed by atoms with E-state index in [1.54, 1.807) is 7.11 Å². The number of methoxy groups -OCH3 is 1. The Bertz CT molecular complexity index is 1080. The number of fused-ring (bicyclic) bond motifs is 1. The van der Waals surface area contributed by atoms with Crippen LogP contribution in [0.25, 0.3) is 11.0 Å². The van der Waals surface area contributed by atoms with Gasteiger partial charge in [0.05, 0.1) is 26.0 Å². The molecule has 1 saturated heterocycles. The lowest BCUT2D eigenvalue weighted by atomic mass is 10.1. The largest absolute Gasteiger partial charge is 0.496 e. The van der Waals surface area contributed by atoms with E-state index in [0.717, 1.165) is 56.9 Å². The molecule has 33 heavy (non-hydrogen) atoms. The number of likely N-dealkylation sites (N-methyl/N-ethyl adjacent to an activating group) is 1. The van der Waals surface area contributed by atoms with Crippen molar-refractivity contribution >= 4 is 22.8 Å². The molecule has 3 aromatic rings. The monoisotopic (exact) mass is 453 g/mol. The molecule has 4 rings (SSSR count). The minimum Gasteiger partial charge on any atom is -0.496 e. The minimum absolute atomic E-state index is 0.194. The highest BCUT2D eigenvalue weighted by atomic mass is 16.5. The lowest BCUT2D eigenvalue weighted by Crippen LogP contribution is -2.43. The number of anilines is 2. The highest BCUT2D eigenvalue weighted by molar-refractivity contribution is 5.85. The molecule has 1 aromatic carbocycles. The molecular formula is C23H35N9O. The molecule has 0 aliphatic carbocycles. The average Bonchev–Trinajstić information content (AvgIpc) is 3.19. The minimum atomic E-state index is -0.217. The first-order valence-electron chi connectivity index (χ1n) is 11.5. The van der Waals surface area contributed by atoms with E-state index in [2.05, 4.69) is 57.3 Å². The second kappa shape index (κ2) is 10.3. The summed E-state index contributed by atoms with van der Waals surface area (Å²) >= 11 is 0. The van der Waals surface area contributed by atoms with Crippen molar-refractivity contribution < 1.29 is 4.74 Å². The number of ether oxygens (including phenoxy) is 1. The first-order valence-corrected chi connectivity index (χ1v) is 11.5. The predicted octanol–water partition coefficient (Wildman–Crippen LogP) is 1.71. The van der Waals surface area contributed by atoms with Gasteiger partial charge in [0.25, 0.3) is 0 Å². The third-order valence-corrected chi connectivity index (χ3v) is 6.04. The molecule has 178 valence electrons. The van der Waals surface area contributed by atoms with E-state index in [0.29, 0.717) is 23.4 Å². The summed E-state index contributed by atoms with van der Waals surface area (Å²) in [5, 5.41) is 7.92. The average molecular weight is 454 g/mol. The van der Waals surface area contributed by atoms with Gasteiger partial charge in [0.1, 0.15) is 11.3 Å². The zero-order valence-electron chi connectivity index (χ0n) is 19.8. The maximum absolute atomic E-state index is 6.14. The fraction of sp³-hybridized carbons (Fsp3) is 0.522. The summed E-state index contributed by atoms with van der Waals surface area (Å²) < 4.78 is 7.56. The van der Waals surface area contributed by atoms with Gasteiger partial charge in [-0.25, -0.2) is 4.98 Å². The van der Waals surface area contributed by atoms with Gasteiger partial charge >= 0.3 is 0 Å². The Hall–Kier alpha value is -2.95. The van der Waals surface area contributed by atoms with E-state index in [9.17, 15) is 0 Å². The van der Waals surface area contributed by atoms with Crippen LogP contribution in [0.4, 0.5) is 11.8 Å². The lowest BCUT2D eigenvalue weighted by Gasteiger charge is -2.32. The molecule has 0 saturated carbocycles. The number of nitrogens with one attached hydrogen (secondary N) is 1. The predicted molar refractivity (Wildman–Crippen MR) is 131 cm³/mol. The van der Waals surface area contributed by atoms with Crippen molar-refractivity contribution in [3.63, 3.8) is 0 Å². The van der Waals surface area contributed by atoms with Gasteiger partial charge in [0.2, 0.25) is 5.95 Å². The highest BCUT2D eigenvalue weighted by Gasteiger charge is 2.16. The van der Waals surface area contributed by atoms with Gasteiger partial charge in [-0.15, -0.1) is 0 Å². The summed E-state index contributed by atoms with van der Waals surface area (Å²) in [7, 11) is 3.88. The van der Waals surface area contributed by atoms with E-state index >= 15 is 0 Å². The first-order chi connectivity index (χ1) is 15.9. The maximum atomic E-state index is 6.14. The van der Waals surface area contributed by atoms with Gasteiger partial charge < -0.3 is 26.4 Å². The van der Waals surface area contributed by atoms with Crippen molar-refractivity contribution in [2.75, 3.05) is 51.4 Å². The Morgan fingerprint density at radius 1 is 1.15 bits per heavy atom. The molecule has 1 aliphatic rings. The first kappa shape index (κ1) is 23.2. The third kappa shape index (κ3) is 5.70. The Kier molecular flexibility index (Phi) is 7.26. The van der Waals surface area contributed by atoms with Crippen LogP contribution in [-0.2, 0) is 13.1 Å². The van der Waals surface area contributed by atoms with E-state index < -0.39 is 0 Å². The molecule has 1 atom stereocenters. The smallest absolute Gasteiger partial charge is 0.222 e. The summed E-state index contributed by atoms with van der Waals surface area (Å²) in [4.78, 5) is 13.5. The quantitative estimate of drug-likeness (QED) is 0.415. The van der Waals surface area contributed by atoms with Crippen molar-refractivity contribution in [2.45, 2.75) is 39.0 Å². The topological polar surface area (TPSA) is 123 Å². The molecule has 5 N–H and O–H groups in total. The van der Waals surface area contributed by atoms with E-state index in [1.807, 2.05) is 10.9 Å². The van der Waals surface area contributed by atoms with Crippen molar-refractivity contribution in [3.8, 4) is 5.75 Å². The van der Waals surface area contributed by atoms with E-state index in [1.165, 1.54) is 5.56 Å². The number of hydrogen-bond acceptors (Lipinski definition) is 9. The number of nitrogens with two attached hydrogens (primary N) is 2. The summed E-state index contributed by atoms with van der Waals surface area (Å²) in [6, 6.07) is 6.42. The van der Waals surface area contributed by atoms with E-state index in [-0.39, 0.29) is 12.1 Å². The molecule has 10 heteroatoms. The van der Waals surface area contributed by atoms with Crippen LogP contribution in [-0.4, -0.2) is 76.1 Å². The molecule has 0 spiro atoms.